The molecule has 2 aromatic rings. The predicted octanol–water partition coefficient (Wildman–Crippen LogP) is 3.70. The summed E-state index contributed by atoms with van der Waals surface area (Å²) >= 11 is 0. The van der Waals surface area contributed by atoms with Crippen molar-refractivity contribution >= 4 is 5.82 Å². The van der Waals surface area contributed by atoms with E-state index < -0.39 is 0 Å². The first kappa shape index (κ1) is 13.2. The van der Waals surface area contributed by atoms with Crippen LogP contribution in [0.3, 0.4) is 0 Å². The SMILES string of the molecule is CCNc1cccc(Oc2cccc(OCC)c2)n1. The molecule has 1 aromatic carbocycles. The van der Waals surface area contributed by atoms with Crippen LogP contribution in [-0.4, -0.2) is 18.1 Å². The lowest BCUT2D eigenvalue weighted by atomic mass is 10.3. The lowest BCUT2D eigenvalue weighted by molar-refractivity contribution is 0.338. The number of ether oxygens (including phenoxy) is 2. The number of hydrogen-bond acceptors (Lipinski definition) is 4. The van der Waals surface area contributed by atoms with Crippen LogP contribution in [0.15, 0.2) is 42.5 Å². The summed E-state index contributed by atoms with van der Waals surface area (Å²) in [5.41, 5.74) is 0. The third-order valence-corrected chi connectivity index (χ3v) is 2.42. The Labute approximate surface area is 113 Å². The number of benzene rings is 1. The van der Waals surface area contributed by atoms with E-state index in [1.807, 2.05) is 56.3 Å². The minimum atomic E-state index is 0.562. The van der Waals surface area contributed by atoms with Crippen molar-refractivity contribution in [3.05, 3.63) is 42.5 Å². The summed E-state index contributed by atoms with van der Waals surface area (Å²) in [6.45, 7) is 5.45. The Morgan fingerprint density at radius 2 is 1.84 bits per heavy atom. The zero-order valence-electron chi connectivity index (χ0n) is 11.2. The molecule has 0 bridgehead atoms. The fourth-order valence-electron chi connectivity index (χ4n) is 1.67. The first-order valence-electron chi connectivity index (χ1n) is 6.43. The molecule has 2 rings (SSSR count). The monoisotopic (exact) mass is 258 g/mol. The molecular formula is C15H18N2O2. The van der Waals surface area contributed by atoms with Crippen molar-refractivity contribution in [3.8, 4) is 17.4 Å². The number of anilines is 1. The van der Waals surface area contributed by atoms with Gasteiger partial charge in [-0.25, -0.2) is 0 Å². The number of hydrogen-bond donors (Lipinski definition) is 1. The maximum Gasteiger partial charge on any atom is 0.221 e. The van der Waals surface area contributed by atoms with Gasteiger partial charge < -0.3 is 14.8 Å². The van der Waals surface area contributed by atoms with Crippen LogP contribution >= 0.6 is 0 Å². The standard InChI is InChI=1S/C15H18N2O2/c1-3-16-14-9-6-10-15(17-14)19-13-8-5-7-12(11-13)18-4-2/h5-11H,3-4H2,1-2H3,(H,16,17). The van der Waals surface area contributed by atoms with Crippen LogP contribution in [0.2, 0.25) is 0 Å². The van der Waals surface area contributed by atoms with E-state index in [0.717, 1.165) is 18.1 Å². The summed E-state index contributed by atoms with van der Waals surface area (Å²) in [5.74, 6) is 2.88. The first-order valence-corrected chi connectivity index (χ1v) is 6.43. The number of aromatic nitrogens is 1. The van der Waals surface area contributed by atoms with Crippen molar-refractivity contribution < 1.29 is 9.47 Å². The van der Waals surface area contributed by atoms with Gasteiger partial charge in [0.15, 0.2) is 0 Å². The van der Waals surface area contributed by atoms with E-state index in [1.54, 1.807) is 0 Å². The minimum Gasteiger partial charge on any atom is -0.494 e. The average Bonchev–Trinajstić information content (AvgIpc) is 2.40. The molecule has 1 aromatic heterocycles. The summed E-state index contributed by atoms with van der Waals surface area (Å²) in [7, 11) is 0. The molecule has 0 aliphatic rings. The maximum atomic E-state index is 5.72. The van der Waals surface area contributed by atoms with Gasteiger partial charge in [0.05, 0.1) is 6.61 Å². The van der Waals surface area contributed by atoms with Crippen molar-refractivity contribution in [1.82, 2.24) is 4.98 Å². The van der Waals surface area contributed by atoms with Crippen LogP contribution in [0.25, 0.3) is 0 Å². The Kier molecular flexibility index (Phi) is 4.61. The van der Waals surface area contributed by atoms with Crippen molar-refractivity contribution in [2.24, 2.45) is 0 Å². The van der Waals surface area contributed by atoms with Crippen molar-refractivity contribution in [1.29, 1.82) is 0 Å². The Morgan fingerprint density at radius 3 is 2.63 bits per heavy atom. The smallest absolute Gasteiger partial charge is 0.221 e. The quantitative estimate of drug-likeness (QED) is 0.857. The van der Waals surface area contributed by atoms with Gasteiger partial charge >= 0.3 is 0 Å². The molecule has 1 N–H and O–H groups in total. The molecule has 0 saturated carbocycles. The molecule has 0 aliphatic heterocycles. The third-order valence-electron chi connectivity index (χ3n) is 2.42. The fourth-order valence-corrected chi connectivity index (χ4v) is 1.67. The Morgan fingerprint density at radius 1 is 1.05 bits per heavy atom. The van der Waals surface area contributed by atoms with Crippen LogP contribution in [0.5, 0.6) is 17.4 Å². The summed E-state index contributed by atoms with van der Waals surface area (Å²) in [4.78, 5) is 4.36. The van der Waals surface area contributed by atoms with Crippen LogP contribution in [-0.2, 0) is 0 Å². The molecule has 4 heteroatoms. The lowest BCUT2D eigenvalue weighted by Crippen LogP contribution is -1.99. The summed E-state index contributed by atoms with van der Waals surface area (Å²) < 4.78 is 11.2. The topological polar surface area (TPSA) is 43.4 Å². The summed E-state index contributed by atoms with van der Waals surface area (Å²) in [5, 5.41) is 3.15. The van der Waals surface area contributed by atoms with E-state index in [4.69, 9.17) is 9.47 Å². The molecule has 0 spiro atoms. The van der Waals surface area contributed by atoms with E-state index in [-0.39, 0.29) is 0 Å². The van der Waals surface area contributed by atoms with Gasteiger partial charge in [0.25, 0.3) is 0 Å². The lowest BCUT2D eigenvalue weighted by Gasteiger charge is -2.08. The van der Waals surface area contributed by atoms with E-state index in [0.29, 0.717) is 18.2 Å². The molecule has 0 fully saturated rings. The molecule has 1 heterocycles. The van der Waals surface area contributed by atoms with Gasteiger partial charge in [0.1, 0.15) is 17.3 Å². The summed E-state index contributed by atoms with van der Waals surface area (Å²) in [6.07, 6.45) is 0. The van der Waals surface area contributed by atoms with Gasteiger partial charge in [-0.15, -0.1) is 0 Å². The van der Waals surface area contributed by atoms with Gasteiger partial charge in [-0.2, -0.15) is 4.98 Å². The fraction of sp³-hybridized carbons (Fsp3) is 0.267. The van der Waals surface area contributed by atoms with E-state index in [2.05, 4.69) is 10.3 Å². The maximum absolute atomic E-state index is 5.72. The third kappa shape index (κ3) is 3.88. The second-order valence-corrected chi connectivity index (χ2v) is 3.90. The van der Waals surface area contributed by atoms with Gasteiger partial charge in [0, 0.05) is 18.7 Å². The average molecular weight is 258 g/mol. The highest BCUT2D eigenvalue weighted by Gasteiger charge is 2.01. The largest absolute Gasteiger partial charge is 0.494 e. The van der Waals surface area contributed by atoms with Gasteiger partial charge in [0.2, 0.25) is 5.88 Å². The zero-order valence-corrected chi connectivity index (χ0v) is 11.2. The normalized spacial score (nSPS) is 10.0. The van der Waals surface area contributed by atoms with Gasteiger partial charge in [-0.05, 0) is 32.0 Å². The first-order chi connectivity index (χ1) is 9.31. The zero-order chi connectivity index (χ0) is 13.5. The molecule has 0 amide bonds. The van der Waals surface area contributed by atoms with Crippen LogP contribution in [0.1, 0.15) is 13.8 Å². The molecule has 0 atom stereocenters. The number of nitrogens with one attached hydrogen (secondary N) is 1. The molecule has 0 saturated heterocycles. The van der Waals surface area contributed by atoms with Crippen LogP contribution < -0.4 is 14.8 Å². The number of nitrogens with zero attached hydrogens (tertiary/aromatic N) is 1. The molecule has 19 heavy (non-hydrogen) atoms. The molecular weight excluding hydrogens is 240 g/mol. The van der Waals surface area contributed by atoms with Crippen LogP contribution in [0.4, 0.5) is 5.82 Å². The van der Waals surface area contributed by atoms with E-state index in [9.17, 15) is 0 Å². The second kappa shape index (κ2) is 6.64. The Hall–Kier alpha value is -2.23. The van der Waals surface area contributed by atoms with E-state index in [1.165, 1.54) is 0 Å². The van der Waals surface area contributed by atoms with Gasteiger partial charge in [-0.1, -0.05) is 12.1 Å². The highest BCUT2D eigenvalue weighted by molar-refractivity contribution is 5.39. The van der Waals surface area contributed by atoms with Crippen molar-refractivity contribution in [2.75, 3.05) is 18.5 Å². The molecule has 100 valence electrons. The molecule has 0 aliphatic carbocycles. The molecule has 0 radical (unpaired) electrons. The minimum absolute atomic E-state index is 0.562. The van der Waals surface area contributed by atoms with Crippen molar-refractivity contribution in [3.63, 3.8) is 0 Å². The molecule has 0 unspecified atom stereocenters. The Bertz CT molecular complexity index is 482. The number of rotatable bonds is 6. The second-order valence-electron chi connectivity index (χ2n) is 3.90. The highest BCUT2D eigenvalue weighted by Crippen LogP contribution is 2.24. The predicted molar refractivity (Wildman–Crippen MR) is 76.1 cm³/mol. The number of pyridine rings is 1. The molecule has 4 nitrogen and oxygen atoms in total. The van der Waals surface area contributed by atoms with Crippen molar-refractivity contribution in [2.45, 2.75) is 13.8 Å². The van der Waals surface area contributed by atoms with Crippen LogP contribution in [0, 0.1) is 0 Å². The Balaban J connectivity index is 2.11. The van der Waals surface area contributed by atoms with Gasteiger partial charge in [-0.3, -0.25) is 0 Å². The summed E-state index contributed by atoms with van der Waals surface area (Å²) in [6, 6.07) is 13.2. The highest BCUT2D eigenvalue weighted by atomic mass is 16.5. The van der Waals surface area contributed by atoms with E-state index >= 15 is 0 Å².